The number of fused-ring (bicyclic) bond motifs is 1. The minimum atomic E-state index is -0.447. The van der Waals surface area contributed by atoms with Gasteiger partial charge in [-0.15, -0.1) is 0 Å². The number of hydrogen-bond acceptors (Lipinski definition) is 5. The second-order valence-electron chi connectivity index (χ2n) is 5.51. The Morgan fingerprint density at radius 1 is 1.17 bits per heavy atom. The Morgan fingerprint density at radius 2 is 1.92 bits per heavy atom. The van der Waals surface area contributed by atoms with Crippen LogP contribution in [-0.4, -0.2) is 28.2 Å². The van der Waals surface area contributed by atoms with E-state index in [1.54, 1.807) is 12.3 Å². The van der Waals surface area contributed by atoms with Crippen molar-refractivity contribution < 1.29 is 13.9 Å². The summed E-state index contributed by atoms with van der Waals surface area (Å²) in [7, 11) is 0. The van der Waals surface area contributed by atoms with Gasteiger partial charge >= 0.3 is 0 Å². The number of nitrogens with zero attached hydrogens (tertiary/aromatic N) is 2. The van der Waals surface area contributed by atoms with Crippen LogP contribution in [-0.2, 0) is 0 Å². The molecule has 3 heterocycles. The summed E-state index contributed by atoms with van der Waals surface area (Å²) in [5, 5.41) is 0. The van der Waals surface area contributed by atoms with Crippen LogP contribution in [0.15, 0.2) is 30.5 Å². The topological polar surface area (TPSA) is 86.1 Å². The average molecular weight is 326 g/mol. The fraction of sp³-hybridized carbons (Fsp3) is 0.176. The van der Waals surface area contributed by atoms with Crippen LogP contribution in [0.3, 0.4) is 0 Å². The minimum Gasteiger partial charge on any atom is -0.486 e. The Kier molecular flexibility index (Phi) is 3.34. The van der Waals surface area contributed by atoms with Gasteiger partial charge in [0.1, 0.15) is 24.7 Å². The van der Waals surface area contributed by atoms with E-state index < -0.39 is 5.82 Å². The van der Waals surface area contributed by atoms with Crippen molar-refractivity contribution in [2.45, 2.75) is 6.92 Å². The second-order valence-corrected chi connectivity index (χ2v) is 5.51. The van der Waals surface area contributed by atoms with Crippen LogP contribution in [0.4, 0.5) is 10.3 Å². The highest BCUT2D eigenvalue weighted by molar-refractivity contribution is 5.81. The quantitative estimate of drug-likeness (QED) is 0.756. The molecular weight excluding hydrogens is 311 g/mol. The third-order valence-electron chi connectivity index (χ3n) is 3.79. The maximum atomic E-state index is 14.6. The van der Waals surface area contributed by atoms with E-state index in [0.29, 0.717) is 41.7 Å². The van der Waals surface area contributed by atoms with Gasteiger partial charge in [0.25, 0.3) is 0 Å². The van der Waals surface area contributed by atoms with E-state index >= 15 is 0 Å². The first-order valence-electron chi connectivity index (χ1n) is 7.50. The van der Waals surface area contributed by atoms with Gasteiger partial charge in [0.2, 0.25) is 0 Å². The molecule has 4 rings (SSSR count). The summed E-state index contributed by atoms with van der Waals surface area (Å²) in [4.78, 5) is 11.4. The summed E-state index contributed by atoms with van der Waals surface area (Å²) in [5.41, 5.74) is 8.85. The predicted molar refractivity (Wildman–Crippen MR) is 87.4 cm³/mol. The predicted octanol–water partition coefficient (Wildman–Crippen LogP) is 2.94. The first-order valence-corrected chi connectivity index (χ1v) is 7.50. The van der Waals surface area contributed by atoms with Crippen LogP contribution in [0.5, 0.6) is 11.5 Å². The number of halogens is 1. The maximum absolute atomic E-state index is 14.6. The highest BCUT2D eigenvalue weighted by Gasteiger charge is 2.21. The van der Waals surface area contributed by atoms with Gasteiger partial charge in [-0.1, -0.05) is 0 Å². The molecular formula is C17H15FN4O2. The average Bonchev–Trinajstić information content (AvgIpc) is 2.96. The Bertz CT molecular complexity index is 923. The molecule has 0 unspecified atom stereocenters. The largest absolute Gasteiger partial charge is 0.486 e. The number of anilines is 1. The fourth-order valence-corrected chi connectivity index (χ4v) is 2.74. The Balaban J connectivity index is 1.89. The van der Waals surface area contributed by atoms with Crippen molar-refractivity contribution in [2.24, 2.45) is 0 Å². The van der Waals surface area contributed by atoms with Crippen LogP contribution in [0.1, 0.15) is 5.69 Å². The smallest absolute Gasteiger partial charge is 0.198 e. The summed E-state index contributed by atoms with van der Waals surface area (Å²) in [5.74, 6) is 0.657. The molecule has 3 N–H and O–H groups in total. The second kappa shape index (κ2) is 5.52. The molecule has 1 aliphatic heterocycles. The molecule has 0 radical (unpaired) electrons. The van der Waals surface area contributed by atoms with Gasteiger partial charge in [-0.3, -0.25) is 4.98 Å². The third-order valence-corrected chi connectivity index (χ3v) is 3.79. The molecule has 0 bridgehead atoms. The number of nitrogen functional groups attached to an aromatic ring is 1. The van der Waals surface area contributed by atoms with E-state index in [0.717, 1.165) is 11.3 Å². The molecule has 0 aliphatic carbocycles. The first-order chi connectivity index (χ1) is 11.6. The molecule has 1 aliphatic rings. The number of aryl methyl sites for hydroxylation is 1. The van der Waals surface area contributed by atoms with Crippen molar-refractivity contribution in [1.82, 2.24) is 15.0 Å². The zero-order chi connectivity index (χ0) is 16.7. The molecule has 0 amide bonds. The maximum Gasteiger partial charge on any atom is 0.198 e. The number of aromatic amines is 1. The van der Waals surface area contributed by atoms with Crippen molar-refractivity contribution in [3.63, 3.8) is 0 Å². The molecule has 1 aromatic carbocycles. The molecule has 2 aromatic heterocycles. The molecule has 0 spiro atoms. The van der Waals surface area contributed by atoms with Gasteiger partial charge in [0.15, 0.2) is 17.4 Å². The number of pyridine rings is 1. The molecule has 0 saturated heterocycles. The van der Waals surface area contributed by atoms with E-state index in [1.807, 2.05) is 19.1 Å². The lowest BCUT2D eigenvalue weighted by molar-refractivity contribution is 0.171. The Hall–Kier alpha value is -3.09. The Morgan fingerprint density at radius 3 is 2.67 bits per heavy atom. The van der Waals surface area contributed by atoms with Gasteiger partial charge in [-0.25, -0.2) is 9.37 Å². The monoisotopic (exact) mass is 326 g/mol. The lowest BCUT2D eigenvalue weighted by Crippen LogP contribution is -2.15. The standard InChI is InChI=1S/C17H15FN4O2/c1-9-6-10(2-3-20-9)15-16(22-17(19)21-15)11-7-13-14(8-12(11)18)24-5-4-23-13/h2-3,6-8H,4-5H2,1H3,(H3,19,21,22). The van der Waals surface area contributed by atoms with Gasteiger partial charge in [-0.05, 0) is 25.1 Å². The SMILES string of the molecule is Cc1cc(-c2[nH]c(N)nc2-c2cc3c(cc2F)OCCO3)ccn1. The lowest BCUT2D eigenvalue weighted by atomic mass is 10.0. The summed E-state index contributed by atoms with van der Waals surface area (Å²) in [6.45, 7) is 2.72. The summed E-state index contributed by atoms with van der Waals surface area (Å²) >= 11 is 0. The van der Waals surface area contributed by atoms with Crippen LogP contribution in [0.2, 0.25) is 0 Å². The molecule has 7 heteroatoms. The molecule has 0 saturated carbocycles. The van der Waals surface area contributed by atoms with Crippen molar-refractivity contribution in [3.8, 4) is 34.0 Å². The van der Waals surface area contributed by atoms with Crippen LogP contribution in [0, 0.1) is 12.7 Å². The summed E-state index contributed by atoms with van der Waals surface area (Å²) < 4.78 is 25.6. The third kappa shape index (κ3) is 2.44. The van der Waals surface area contributed by atoms with E-state index in [1.165, 1.54) is 6.07 Å². The number of benzene rings is 1. The van der Waals surface area contributed by atoms with Gasteiger partial charge in [0, 0.05) is 29.1 Å². The zero-order valence-corrected chi connectivity index (χ0v) is 13.0. The van der Waals surface area contributed by atoms with E-state index in [4.69, 9.17) is 15.2 Å². The van der Waals surface area contributed by atoms with Crippen molar-refractivity contribution in [3.05, 3.63) is 42.0 Å². The lowest BCUT2D eigenvalue weighted by Gasteiger charge is -2.19. The molecule has 6 nitrogen and oxygen atoms in total. The van der Waals surface area contributed by atoms with Crippen molar-refractivity contribution in [2.75, 3.05) is 18.9 Å². The number of aromatic nitrogens is 3. The molecule has 0 fully saturated rings. The Labute approximate surface area is 137 Å². The molecule has 3 aromatic rings. The fourth-order valence-electron chi connectivity index (χ4n) is 2.74. The number of ether oxygens (including phenoxy) is 2. The number of rotatable bonds is 2. The normalized spacial score (nSPS) is 13.1. The van der Waals surface area contributed by atoms with Gasteiger partial charge in [0.05, 0.1) is 5.69 Å². The highest BCUT2D eigenvalue weighted by Crippen LogP contribution is 2.39. The molecule has 0 atom stereocenters. The number of nitrogens with one attached hydrogen (secondary N) is 1. The van der Waals surface area contributed by atoms with Crippen molar-refractivity contribution >= 4 is 5.95 Å². The van der Waals surface area contributed by atoms with Crippen LogP contribution < -0.4 is 15.2 Å². The van der Waals surface area contributed by atoms with E-state index in [2.05, 4.69) is 15.0 Å². The molecule has 24 heavy (non-hydrogen) atoms. The van der Waals surface area contributed by atoms with Crippen LogP contribution in [0.25, 0.3) is 22.5 Å². The zero-order valence-electron chi connectivity index (χ0n) is 13.0. The number of H-pyrrole nitrogens is 1. The highest BCUT2D eigenvalue weighted by atomic mass is 19.1. The number of imidazole rings is 1. The van der Waals surface area contributed by atoms with E-state index in [9.17, 15) is 4.39 Å². The van der Waals surface area contributed by atoms with Crippen LogP contribution >= 0.6 is 0 Å². The van der Waals surface area contributed by atoms with Crippen molar-refractivity contribution in [1.29, 1.82) is 0 Å². The summed E-state index contributed by atoms with van der Waals surface area (Å²) in [6.07, 6.45) is 1.69. The minimum absolute atomic E-state index is 0.212. The molecule has 122 valence electrons. The first kappa shape index (κ1) is 14.5. The van der Waals surface area contributed by atoms with Gasteiger partial charge < -0.3 is 20.2 Å². The van der Waals surface area contributed by atoms with E-state index in [-0.39, 0.29) is 5.95 Å². The summed E-state index contributed by atoms with van der Waals surface area (Å²) in [6, 6.07) is 6.61. The number of hydrogen-bond donors (Lipinski definition) is 2. The number of nitrogens with two attached hydrogens (primary N) is 1. The van der Waals surface area contributed by atoms with Gasteiger partial charge in [-0.2, -0.15) is 0 Å².